The molecule has 8 aromatic carbocycles. The fourth-order valence-electron chi connectivity index (χ4n) is 8.70. The predicted molar refractivity (Wildman–Crippen MR) is 252 cm³/mol. The molecule has 0 saturated carbocycles. The quantitative estimate of drug-likeness (QED) is 0.141. The number of aryl methyl sites for hydroxylation is 8. The highest BCUT2D eigenvalue weighted by Gasteiger charge is 2.34. The summed E-state index contributed by atoms with van der Waals surface area (Å²) < 4.78 is 0. The third-order valence-corrected chi connectivity index (χ3v) is 16.4. The number of rotatable bonds is 7. The minimum atomic E-state index is -1.21. The summed E-state index contributed by atoms with van der Waals surface area (Å²) in [5, 5.41) is 13.5. The third-order valence-electron chi connectivity index (χ3n) is 10.5. The van der Waals surface area contributed by atoms with Crippen LogP contribution in [0.25, 0.3) is 32.7 Å². The van der Waals surface area contributed by atoms with Gasteiger partial charge in [0.1, 0.15) is 0 Å². The van der Waals surface area contributed by atoms with E-state index in [-0.39, 0.29) is 0 Å². The Morgan fingerprint density at radius 3 is 1.21 bits per heavy atom. The van der Waals surface area contributed by atoms with Gasteiger partial charge in [0, 0.05) is 21.0 Å². The van der Waals surface area contributed by atoms with Crippen molar-refractivity contribution < 1.29 is 0 Å². The summed E-state index contributed by atoms with van der Waals surface area (Å²) in [6.07, 6.45) is 0. The lowest BCUT2D eigenvalue weighted by Crippen LogP contribution is -2.37. The summed E-state index contributed by atoms with van der Waals surface area (Å²) in [6, 6.07) is 50.2. The van der Waals surface area contributed by atoms with Crippen LogP contribution in [-0.2, 0) is 0 Å². The van der Waals surface area contributed by atoms with Gasteiger partial charge in [-0.05, 0) is 126 Å². The Hall–Kier alpha value is -4.28. The lowest BCUT2D eigenvalue weighted by atomic mass is 9.93. The summed E-state index contributed by atoms with van der Waals surface area (Å²) >= 11 is 15.6. The summed E-state index contributed by atoms with van der Waals surface area (Å²) in [4.78, 5) is 0. The van der Waals surface area contributed by atoms with Crippen LogP contribution in [0, 0.1) is 55.4 Å². The fraction of sp³-hybridized carbons (Fsp3) is 0.154. The van der Waals surface area contributed by atoms with Gasteiger partial charge in [0.25, 0.3) is 0 Å². The van der Waals surface area contributed by atoms with E-state index in [1.165, 1.54) is 98.2 Å². The zero-order valence-electron chi connectivity index (χ0n) is 33.4. The van der Waals surface area contributed by atoms with E-state index in [0.717, 1.165) is 15.8 Å². The molecule has 0 aromatic heterocycles. The summed E-state index contributed by atoms with van der Waals surface area (Å²) in [5.41, 5.74) is 12.4. The van der Waals surface area contributed by atoms with Gasteiger partial charge in [0.15, 0.2) is 0 Å². The van der Waals surface area contributed by atoms with Crippen LogP contribution in [0.3, 0.4) is 0 Å². The first kappa shape index (κ1) is 38.6. The summed E-state index contributed by atoms with van der Waals surface area (Å²) in [6.45, 7) is 17.8. The molecule has 0 amide bonds. The van der Waals surface area contributed by atoms with Crippen molar-refractivity contribution in [2.45, 2.75) is 55.4 Å². The van der Waals surface area contributed by atoms with Crippen molar-refractivity contribution in [2.24, 2.45) is 0 Å². The van der Waals surface area contributed by atoms with Gasteiger partial charge in [-0.25, -0.2) is 0 Å². The van der Waals surface area contributed by atoms with Crippen molar-refractivity contribution in [3.63, 3.8) is 0 Å². The van der Waals surface area contributed by atoms with E-state index in [1.807, 2.05) is 6.07 Å². The van der Waals surface area contributed by atoms with Gasteiger partial charge in [-0.15, -0.1) is 0 Å². The van der Waals surface area contributed by atoms with E-state index in [1.54, 1.807) is 0 Å². The van der Waals surface area contributed by atoms with Crippen LogP contribution in [0.1, 0.15) is 44.5 Å². The highest BCUT2D eigenvalue weighted by atomic mass is 35.5. The van der Waals surface area contributed by atoms with E-state index in [0.29, 0.717) is 5.02 Å². The Bertz CT molecular complexity index is 2640. The molecule has 0 aliphatic heterocycles. The van der Waals surface area contributed by atoms with Crippen LogP contribution in [0.15, 0.2) is 133 Å². The van der Waals surface area contributed by atoms with Gasteiger partial charge in [-0.1, -0.05) is 195 Å². The molecular formula is C52H46Cl2P2. The summed E-state index contributed by atoms with van der Waals surface area (Å²) in [5.74, 6) is 0. The molecule has 0 saturated heterocycles. The van der Waals surface area contributed by atoms with E-state index < -0.39 is 15.8 Å². The molecular weight excluding hydrogens is 757 g/mol. The van der Waals surface area contributed by atoms with Gasteiger partial charge in [0.2, 0.25) is 0 Å². The van der Waals surface area contributed by atoms with Crippen molar-refractivity contribution in [3.05, 3.63) is 188 Å². The average Bonchev–Trinajstić information content (AvgIpc) is 3.11. The van der Waals surface area contributed by atoms with Gasteiger partial charge >= 0.3 is 0 Å². The minimum absolute atomic E-state index is 0.666. The number of benzene rings is 8. The molecule has 0 radical (unpaired) electrons. The van der Waals surface area contributed by atoms with Crippen molar-refractivity contribution in [1.82, 2.24) is 0 Å². The SMILES string of the molecule is Cc1cc(C)cc(P(c2cc(C)cc(C)c2)c2c(P(c3cc(C)cc(C)c3)c3cc(C)cc(C)c3)c(Cl)c3c(Cl)cccc3c2-c2cccc3ccccc23)c1. The molecule has 0 spiro atoms. The van der Waals surface area contributed by atoms with Crippen molar-refractivity contribution >= 4 is 92.4 Å². The van der Waals surface area contributed by atoms with Gasteiger partial charge in [-0.3, -0.25) is 0 Å². The van der Waals surface area contributed by atoms with Crippen LogP contribution in [0.5, 0.6) is 0 Å². The van der Waals surface area contributed by atoms with E-state index in [4.69, 9.17) is 23.2 Å². The first-order chi connectivity index (χ1) is 26.9. The largest absolute Gasteiger partial charge is 0.0836 e. The molecule has 0 atom stereocenters. The highest BCUT2D eigenvalue weighted by Crippen LogP contribution is 2.50. The normalized spacial score (nSPS) is 11.7. The van der Waals surface area contributed by atoms with E-state index >= 15 is 0 Å². The van der Waals surface area contributed by atoms with Crippen LogP contribution in [-0.4, -0.2) is 0 Å². The average molecular weight is 804 g/mol. The van der Waals surface area contributed by atoms with Gasteiger partial charge in [0.05, 0.1) is 5.02 Å². The van der Waals surface area contributed by atoms with Crippen molar-refractivity contribution in [3.8, 4) is 11.1 Å². The van der Waals surface area contributed by atoms with Crippen LogP contribution in [0.4, 0.5) is 0 Å². The molecule has 0 aliphatic carbocycles. The van der Waals surface area contributed by atoms with Crippen LogP contribution in [0.2, 0.25) is 10.0 Å². The molecule has 8 rings (SSSR count). The topological polar surface area (TPSA) is 0 Å². The molecule has 0 bridgehead atoms. The van der Waals surface area contributed by atoms with Crippen molar-refractivity contribution in [1.29, 1.82) is 0 Å². The monoisotopic (exact) mass is 802 g/mol. The van der Waals surface area contributed by atoms with Gasteiger partial charge < -0.3 is 0 Å². The molecule has 0 unspecified atom stereocenters. The Kier molecular flexibility index (Phi) is 10.7. The van der Waals surface area contributed by atoms with E-state index in [2.05, 4.69) is 183 Å². The second-order valence-corrected chi connectivity index (χ2v) is 20.7. The second kappa shape index (κ2) is 15.6. The summed E-state index contributed by atoms with van der Waals surface area (Å²) in [7, 11) is -2.39. The highest BCUT2D eigenvalue weighted by molar-refractivity contribution is 7.85. The minimum Gasteiger partial charge on any atom is -0.0836 e. The molecule has 8 aromatic rings. The molecule has 278 valence electrons. The number of hydrogen-bond donors (Lipinski definition) is 0. The van der Waals surface area contributed by atoms with Crippen LogP contribution >= 0.6 is 39.0 Å². The zero-order valence-corrected chi connectivity index (χ0v) is 36.7. The molecule has 0 nitrogen and oxygen atoms in total. The number of halogens is 2. The van der Waals surface area contributed by atoms with Crippen molar-refractivity contribution in [2.75, 3.05) is 0 Å². The van der Waals surface area contributed by atoms with Gasteiger partial charge in [-0.2, -0.15) is 0 Å². The van der Waals surface area contributed by atoms with E-state index in [9.17, 15) is 0 Å². The maximum atomic E-state index is 8.17. The number of fused-ring (bicyclic) bond motifs is 2. The smallest absolute Gasteiger partial charge is 0.0589 e. The predicted octanol–water partition coefficient (Wildman–Crippen LogP) is 13.0. The fourth-order valence-corrected chi connectivity index (χ4v) is 15.9. The Morgan fingerprint density at radius 2 is 0.750 bits per heavy atom. The lowest BCUT2D eigenvalue weighted by Gasteiger charge is -2.33. The Balaban J connectivity index is 1.69. The number of hydrogen-bond acceptors (Lipinski definition) is 0. The standard InChI is InChI=1S/C52H46Cl2P2/c1-31-19-32(2)24-40(23-31)55(41-25-33(3)20-34(4)26-41)51-48(45-16-11-14-39-13-9-10-15-44(39)45)46-17-12-18-47(53)49(46)50(54)52(51)56(42-27-35(5)21-36(6)28-42)43-29-37(7)22-38(8)30-43/h9-30H,1-8H3. The lowest BCUT2D eigenvalue weighted by molar-refractivity contribution is 1.40. The molecule has 0 fully saturated rings. The molecule has 0 N–H and O–H groups in total. The second-order valence-electron chi connectivity index (χ2n) is 15.6. The third kappa shape index (κ3) is 7.35. The first-order valence-corrected chi connectivity index (χ1v) is 22.7. The zero-order chi connectivity index (χ0) is 39.4. The Morgan fingerprint density at radius 1 is 0.375 bits per heavy atom. The molecule has 0 aliphatic rings. The molecule has 0 heterocycles. The van der Waals surface area contributed by atoms with Crippen LogP contribution < -0.4 is 31.8 Å². The maximum Gasteiger partial charge on any atom is 0.0589 e. The molecule has 4 heteroatoms. The Labute approximate surface area is 345 Å². The first-order valence-electron chi connectivity index (χ1n) is 19.2. The molecule has 56 heavy (non-hydrogen) atoms. The maximum absolute atomic E-state index is 8.17.